The highest BCUT2D eigenvalue weighted by Crippen LogP contribution is 2.29. The fourth-order valence-corrected chi connectivity index (χ4v) is 1.51. The highest BCUT2D eigenvalue weighted by atomic mass is 19.2. The van der Waals surface area contributed by atoms with Crippen LogP contribution in [0.15, 0.2) is 12.1 Å². The van der Waals surface area contributed by atoms with Crippen molar-refractivity contribution in [2.75, 3.05) is 18.4 Å². The lowest BCUT2D eigenvalue weighted by Gasteiger charge is -2.19. The first kappa shape index (κ1) is 14.8. The standard InChI is InChI=1S/C11H13F2N3O3/c1-3-15(4-2)11(17)14-10-8(16(18)19)6-5-7(12)9(10)13/h5-6H,3-4H2,1-2H3,(H,14,17). The van der Waals surface area contributed by atoms with Gasteiger partial charge in [0, 0.05) is 19.2 Å². The van der Waals surface area contributed by atoms with E-state index in [1.165, 1.54) is 4.90 Å². The SMILES string of the molecule is CCN(CC)C(=O)Nc1c([N+](=O)[O-])ccc(F)c1F. The van der Waals surface area contributed by atoms with Crippen molar-refractivity contribution in [3.05, 3.63) is 33.9 Å². The van der Waals surface area contributed by atoms with Gasteiger partial charge in [0.05, 0.1) is 4.92 Å². The fraction of sp³-hybridized carbons (Fsp3) is 0.364. The summed E-state index contributed by atoms with van der Waals surface area (Å²) >= 11 is 0. The Morgan fingerprint density at radius 1 is 1.37 bits per heavy atom. The van der Waals surface area contributed by atoms with Crippen molar-refractivity contribution in [2.24, 2.45) is 0 Å². The quantitative estimate of drug-likeness (QED) is 0.677. The van der Waals surface area contributed by atoms with Crippen LogP contribution in [0.1, 0.15) is 13.8 Å². The Hall–Kier alpha value is -2.25. The molecule has 104 valence electrons. The third-order valence-electron chi connectivity index (χ3n) is 2.55. The first-order chi connectivity index (χ1) is 8.92. The van der Waals surface area contributed by atoms with Gasteiger partial charge in [-0.05, 0) is 19.9 Å². The largest absolute Gasteiger partial charge is 0.325 e. The first-order valence-corrected chi connectivity index (χ1v) is 5.60. The molecule has 0 unspecified atom stereocenters. The van der Waals surface area contributed by atoms with E-state index in [0.717, 1.165) is 6.07 Å². The molecule has 1 N–H and O–H groups in total. The fourth-order valence-electron chi connectivity index (χ4n) is 1.51. The Morgan fingerprint density at radius 2 is 1.95 bits per heavy atom. The van der Waals surface area contributed by atoms with Gasteiger partial charge in [0.2, 0.25) is 0 Å². The normalized spacial score (nSPS) is 10.1. The lowest BCUT2D eigenvalue weighted by molar-refractivity contribution is -0.384. The molecule has 2 amide bonds. The predicted molar refractivity (Wildman–Crippen MR) is 65.0 cm³/mol. The number of carbonyl (C=O) groups is 1. The monoisotopic (exact) mass is 273 g/mol. The number of rotatable bonds is 4. The van der Waals surface area contributed by atoms with Crippen LogP contribution in [0.2, 0.25) is 0 Å². The Kier molecular flexibility index (Phi) is 4.74. The molecule has 1 aromatic carbocycles. The molecule has 0 spiro atoms. The van der Waals surface area contributed by atoms with Gasteiger partial charge in [-0.15, -0.1) is 0 Å². The molecule has 6 nitrogen and oxygen atoms in total. The van der Waals surface area contributed by atoms with E-state index in [-0.39, 0.29) is 0 Å². The second-order valence-electron chi connectivity index (χ2n) is 3.62. The summed E-state index contributed by atoms with van der Waals surface area (Å²) in [6, 6.07) is 0.717. The van der Waals surface area contributed by atoms with E-state index in [1.807, 2.05) is 5.32 Å². The van der Waals surface area contributed by atoms with Crippen molar-refractivity contribution in [3.8, 4) is 0 Å². The van der Waals surface area contributed by atoms with Crippen molar-refractivity contribution >= 4 is 17.4 Å². The van der Waals surface area contributed by atoms with Gasteiger partial charge in [0.1, 0.15) is 0 Å². The van der Waals surface area contributed by atoms with E-state index >= 15 is 0 Å². The minimum absolute atomic E-state index is 0.340. The minimum Gasteiger partial charge on any atom is -0.325 e. The van der Waals surface area contributed by atoms with E-state index < -0.39 is 34.0 Å². The highest BCUT2D eigenvalue weighted by Gasteiger charge is 2.24. The molecule has 0 aliphatic rings. The molecule has 0 fully saturated rings. The number of carbonyl (C=O) groups excluding carboxylic acids is 1. The molecule has 0 saturated heterocycles. The maximum atomic E-state index is 13.5. The third-order valence-corrected chi connectivity index (χ3v) is 2.55. The lowest BCUT2D eigenvalue weighted by atomic mass is 10.2. The molecule has 0 radical (unpaired) electrons. The van der Waals surface area contributed by atoms with Crippen LogP contribution in [0.25, 0.3) is 0 Å². The smallest absolute Gasteiger partial charge is 0.322 e. The molecule has 0 aromatic heterocycles. The summed E-state index contributed by atoms with van der Waals surface area (Å²) in [6.07, 6.45) is 0. The Balaban J connectivity index is 3.15. The average molecular weight is 273 g/mol. The van der Waals surface area contributed by atoms with Crippen LogP contribution in [0.4, 0.5) is 25.0 Å². The van der Waals surface area contributed by atoms with Crippen molar-refractivity contribution in [2.45, 2.75) is 13.8 Å². The number of nitrogens with one attached hydrogen (secondary N) is 1. The van der Waals surface area contributed by atoms with E-state index in [2.05, 4.69) is 0 Å². The molecule has 1 aromatic rings. The molecular formula is C11H13F2N3O3. The van der Waals surface area contributed by atoms with Gasteiger partial charge in [-0.2, -0.15) is 0 Å². The number of anilines is 1. The van der Waals surface area contributed by atoms with Crippen LogP contribution in [-0.2, 0) is 0 Å². The zero-order chi connectivity index (χ0) is 14.6. The van der Waals surface area contributed by atoms with Crippen LogP contribution >= 0.6 is 0 Å². The summed E-state index contributed by atoms with van der Waals surface area (Å²) in [4.78, 5) is 22.8. The second kappa shape index (κ2) is 6.07. The van der Waals surface area contributed by atoms with Gasteiger partial charge in [-0.1, -0.05) is 0 Å². The maximum Gasteiger partial charge on any atom is 0.322 e. The first-order valence-electron chi connectivity index (χ1n) is 5.60. The molecule has 8 heteroatoms. The molecule has 1 rings (SSSR count). The van der Waals surface area contributed by atoms with Gasteiger partial charge >= 0.3 is 6.03 Å². The number of hydrogen-bond acceptors (Lipinski definition) is 3. The number of nitrogens with zero attached hydrogens (tertiary/aromatic N) is 2. The topological polar surface area (TPSA) is 75.5 Å². The highest BCUT2D eigenvalue weighted by molar-refractivity contribution is 5.92. The van der Waals surface area contributed by atoms with Crippen LogP contribution < -0.4 is 5.32 Å². The summed E-state index contributed by atoms with van der Waals surface area (Å²) in [5, 5.41) is 12.8. The summed E-state index contributed by atoms with van der Waals surface area (Å²) in [6.45, 7) is 4.07. The second-order valence-corrected chi connectivity index (χ2v) is 3.62. The summed E-state index contributed by atoms with van der Waals surface area (Å²) < 4.78 is 26.6. The molecule has 0 atom stereocenters. The number of benzene rings is 1. The molecule has 0 saturated carbocycles. The summed E-state index contributed by atoms with van der Waals surface area (Å²) in [7, 11) is 0. The average Bonchev–Trinajstić information content (AvgIpc) is 2.36. The van der Waals surface area contributed by atoms with Crippen molar-refractivity contribution in [1.82, 2.24) is 4.90 Å². The minimum atomic E-state index is -1.45. The lowest BCUT2D eigenvalue weighted by Crippen LogP contribution is -2.35. The zero-order valence-corrected chi connectivity index (χ0v) is 10.4. The molecular weight excluding hydrogens is 260 g/mol. The molecule has 19 heavy (non-hydrogen) atoms. The van der Waals surface area contributed by atoms with Gasteiger partial charge < -0.3 is 4.90 Å². The van der Waals surface area contributed by atoms with E-state index in [1.54, 1.807) is 13.8 Å². The van der Waals surface area contributed by atoms with Crippen LogP contribution in [-0.4, -0.2) is 28.9 Å². The molecule has 0 aliphatic carbocycles. The number of hydrogen-bond donors (Lipinski definition) is 1. The summed E-state index contributed by atoms with van der Waals surface area (Å²) in [5.74, 6) is -2.71. The molecule has 0 aliphatic heterocycles. The Morgan fingerprint density at radius 3 is 2.42 bits per heavy atom. The van der Waals surface area contributed by atoms with E-state index in [0.29, 0.717) is 19.2 Å². The Bertz CT molecular complexity index is 504. The number of nitro benzene ring substituents is 1. The third kappa shape index (κ3) is 3.15. The zero-order valence-electron chi connectivity index (χ0n) is 10.4. The number of urea groups is 1. The van der Waals surface area contributed by atoms with Crippen LogP contribution in [0.5, 0.6) is 0 Å². The number of amides is 2. The van der Waals surface area contributed by atoms with Crippen LogP contribution in [0.3, 0.4) is 0 Å². The summed E-state index contributed by atoms with van der Waals surface area (Å²) in [5.41, 5.74) is -1.46. The predicted octanol–water partition coefficient (Wildman–Crippen LogP) is 2.75. The van der Waals surface area contributed by atoms with E-state index in [9.17, 15) is 23.7 Å². The number of halogens is 2. The van der Waals surface area contributed by atoms with Crippen molar-refractivity contribution < 1.29 is 18.5 Å². The van der Waals surface area contributed by atoms with Crippen molar-refractivity contribution in [1.29, 1.82) is 0 Å². The number of nitro groups is 1. The van der Waals surface area contributed by atoms with Gasteiger partial charge in [0.15, 0.2) is 17.3 Å². The van der Waals surface area contributed by atoms with Crippen LogP contribution in [0, 0.1) is 21.7 Å². The Labute approximate surface area is 108 Å². The molecule has 0 heterocycles. The van der Waals surface area contributed by atoms with Gasteiger partial charge in [0.25, 0.3) is 5.69 Å². The van der Waals surface area contributed by atoms with Gasteiger partial charge in [-0.3, -0.25) is 15.4 Å². The van der Waals surface area contributed by atoms with E-state index in [4.69, 9.17) is 0 Å². The molecule has 0 bridgehead atoms. The maximum absolute atomic E-state index is 13.5. The van der Waals surface area contributed by atoms with Gasteiger partial charge in [-0.25, -0.2) is 13.6 Å². The van der Waals surface area contributed by atoms with Crippen molar-refractivity contribution in [3.63, 3.8) is 0 Å².